The second-order valence-corrected chi connectivity index (χ2v) is 8.97. The Morgan fingerprint density at radius 2 is 1.60 bits per heavy atom. The fraction of sp³-hybridized carbons (Fsp3) is 0.214. The fourth-order valence-electron chi connectivity index (χ4n) is 4.52. The quantitative estimate of drug-likeness (QED) is 0.273. The Balaban J connectivity index is 2.01. The van der Waals surface area contributed by atoms with Crippen molar-refractivity contribution >= 4 is 34.7 Å². The number of aliphatic hydroxyl groups is 1. The first-order chi connectivity index (χ1) is 16.7. The van der Waals surface area contributed by atoms with Crippen LogP contribution in [0.15, 0.2) is 60.2 Å². The van der Waals surface area contributed by atoms with Gasteiger partial charge in [-0.3, -0.25) is 14.5 Å². The molecule has 180 valence electrons. The van der Waals surface area contributed by atoms with Gasteiger partial charge < -0.3 is 14.6 Å². The topological polar surface area (TPSA) is 76.1 Å². The Kier molecular flexibility index (Phi) is 6.59. The Morgan fingerprint density at radius 1 is 0.914 bits per heavy atom. The number of rotatable bonds is 5. The number of hydrogen-bond donors (Lipinski definition) is 1. The third-order valence-corrected chi connectivity index (χ3v) is 6.42. The summed E-state index contributed by atoms with van der Waals surface area (Å²) in [6.45, 7) is 5.66. The average molecular weight is 492 g/mol. The number of halogens is 1. The lowest BCUT2D eigenvalue weighted by molar-refractivity contribution is -0.132. The molecule has 1 aliphatic rings. The van der Waals surface area contributed by atoms with Gasteiger partial charge >= 0.3 is 0 Å². The SMILES string of the molecule is COc1ccc(C2/C(=C(\O)c3cc(C)cc(Cl)c3OC)C(=O)C(=O)N2c2ccc(C)cc2C)cc1. The summed E-state index contributed by atoms with van der Waals surface area (Å²) in [6, 6.07) is 15.2. The molecule has 1 heterocycles. The smallest absolute Gasteiger partial charge is 0.300 e. The highest BCUT2D eigenvalue weighted by atomic mass is 35.5. The summed E-state index contributed by atoms with van der Waals surface area (Å²) in [5, 5.41) is 11.8. The van der Waals surface area contributed by atoms with Crippen LogP contribution >= 0.6 is 11.6 Å². The van der Waals surface area contributed by atoms with E-state index in [4.69, 9.17) is 21.1 Å². The van der Waals surface area contributed by atoms with E-state index < -0.39 is 17.7 Å². The first kappa shape index (κ1) is 24.4. The average Bonchev–Trinajstić information content (AvgIpc) is 3.08. The molecule has 0 aliphatic carbocycles. The summed E-state index contributed by atoms with van der Waals surface area (Å²) in [6.07, 6.45) is 0. The highest BCUT2D eigenvalue weighted by Crippen LogP contribution is 2.45. The molecule has 0 bridgehead atoms. The number of benzene rings is 3. The van der Waals surface area contributed by atoms with Gasteiger partial charge in [0.15, 0.2) is 0 Å². The van der Waals surface area contributed by atoms with Crippen molar-refractivity contribution in [2.75, 3.05) is 19.1 Å². The Bertz CT molecular complexity index is 1360. The molecule has 6 nitrogen and oxygen atoms in total. The second-order valence-electron chi connectivity index (χ2n) is 8.56. The lowest BCUT2D eigenvalue weighted by atomic mass is 9.94. The summed E-state index contributed by atoms with van der Waals surface area (Å²) in [5.41, 5.74) is 4.07. The maximum absolute atomic E-state index is 13.5. The maximum atomic E-state index is 13.5. The van der Waals surface area contributed by atoms with Gasteiger partial charge in [0.1, 0.15) is 17.3 Å². The van der Waals surface area contributed by atoms with Crippen LogP contribution in [0.2, 0.25) is 5.02 Å². The predicted octanol–water partition coefficient (Wildman–Crippen LogP) is 5.91. The molecule has 4 rings (SSSR count). The summed E-state index contributed by atoms with van der Waals surface area (Å²) >= 11 is 6.36. The minimum Gasteiger partial charge on any atom is -0.507 e. The molecule has 1 amide bonds. The molecule has 0 saturated carbocycles. The number of hydrogen-bond acceptors (Lipinski definition) is 5. The van der Waals surface area contributed by atoms with Crippen LogP contribution in [-0.2, 0) is 9.59 Å². The zero-order valence-corrected chi connectivity index (χ0v) is 20.9. The molecule has 1 N–H and O–H groups in total. The van der Waals surface area contributed by atoms with E-state index in [-0.39, 0.29) is 22.6 Å². The van der Waals surface area contributed by atoms with Gasteiger partial charge in [-0.05, 0) is 67.8 Å². The zero-order chi connectivity index (χ0) is 25.4. The van der Waals surface area contributed by atoms with Gasteiger partial charge in [0.05, 0.1) is 36.4 Å². The normalized spacial score (nSPS) is 17.1. The first-order valence-corrected chi connectivity index (χ1v) is 11.4. The van der Waals surface area contributed by atoms with E-state index in [9.17, 15) is 14.7 Å². The molecule has 0 spiro atoms. The number of carbonyl (C=O) groups is 2. The van der Waals surface area contributed by atoms with Crippen LogP contribution in [0.4, 0.5) is 5.69 Å². The van der Waals surface area contributed by atoms with Gasteiger partial charge in [-0.2, -0.15) is 0 Å². The number of nitrogens with zero attached hydrogens (tertiary/aromatic N) is 1. The number of Topliss-reactive ketones (excluding diaryl/α,β-unsaturated/α-hetero) is 1. The molecule has 1 saturated heterocycles. The van der Waals surface area contributed by atoms with Gasteiger partial charge in [-0.15, -0.1) is 0 Å². The van der Waals surface area contributed by atoms with Crippen LogP contribution < -0.4 is 14.4 Å². The lowest BCUT2D eigenvalue weighted by Crippen LogP contribution is -2.30. The van der Waals surface area contributed by atoms with E-state index in [0.717, 1.165) is 16.7 Å². The molecule has 35 heavy (non-hydrogen) atoms. The molecule has 1 aliphatic heterocycles. The van der Waals surface area contributed by atoms with Crippen LogP contribution in [0.1, 0.15) is 33.9 Å². The summed E-state index contributed by atoms with van der Waals surface area (Å²) in [4.78, 5) is 28.3. The van der Waals surface area contributed by atoms with Crippen LogP contribution in [0.3, 0.4) is 0 Å². The zero-order valence-electron chi connectivity index (χ0n) is 20.2. The molecular formula is C28H26ClNO5. The summed E-state index contributed by atoms with van der Waals surface area (Å²) in [7, 11) is 2.99. The predicted molar refractivity (Wildman–Crippen MR) is 136 cm³/mol. The summed E-state index contributed by atoms with van der Waals surface area (Å²) in [5.74, 6) is -1.01. The Hall–Kier alpha value is -3.77. The van der Waals surface area contributed by atoms with Crippen molar-refractivity contribution in [2.24, 2.45) is 0 Å². The number of aliphatic hydroxyl groups excluding tert-OH is 1. The third kappa shape index (κ3) is 4.26. The number of ether oxygens (including phenoxy) is 2. The van der Waals surface area contributed by atoms with Crippen molar-refractivity contribution in [2.45, 2.75) is 26.8 Å². The van der Waals surface area contributed by atoms with Crippen LogP contribution in [0, 0.1) is 20.8 Å². The van der Waals surface area contributed by atoms with Crippen molar-refractivity contribution in [3.8, 4) is 11.5 Å². The Labute approximate surface area is 209 Å². The maximum Gasteiger partial charge on any atom is 0.300 e. The molecule has 1 atom stereocenters. The summed E-state index contributed by atoms with van der Waals surface area (Å²) < 4.78 is 10.7. The van der Waals surface area contributed by atoms with Gasteiger partial charge in [0, 0.05) is 5.69 Å². The van der Waals surface area contributed by atoms with E-state index in [1.165, 1.54) is 12.0 Å². The molecule has 0 aromatic heterocycles. The third-order valence-electron chi connectivity index (χ3n) is 6.13. The van der Waals surface area contributed by atoms with Crippen molar-refractivity contribution in [1.29, 1.82) is 0 Å². The van der Waals surface area contributed by atoms with E-state index in [1.807, 2.05) is 39.0 Å². The second kappa shape index (κ2) is 9.47. The molecule has 1 fully saturated rings. The van der Waals surface area contributed by atoms with Gasteiger partial charge in [0.25, 0.3) is 11.7 Å². The molecule has 1 unspecified atom stereocenters. The van der Waals surface area contributed by atoms with Crippen molar-refractivity contribution in [1.82, 2.24) is 0 Å². The number of amides is 1. The van der Waals surface area contributed by atoms with Crippen LogP contribution in [-0.4, -0.2) is 31.0 Å². The minimum atomic E-state index is -0.869. The van der Waals surface area contributed by atoms with Gasteiger partial charge in [-0.25, -0.2) is 0 Å². The number of anilines is 1. The van der Waals surface area contributed by atoms with Crippen LogP contribution in [0.5, 0.6) is 11.5 Å². The molecular weight excluding hydrogens is 466 g/mol. The lowest BCUT2D eigenvalue weighted by Gasteiger charge is -2.27. The molecule has 0 radical (unpaired) electrons. The number of carbonyl (C=O) groups excluding carboxylic acids is 2. The fourth-order valence-corrected chi connectivity index (χ4v) is 4.87. The monoisotopic (exact) mass is 491 g/mol. The van der Waals surface area contributed by atoms with E-state index in [0.29, 0.717) is 22.0 Å². The highest BCUT2D eigenvalue weighted by molar-refractivity contribution is 6.52. The Morgan fingerprint density at radius 3 is 2.20 bits per heavy atom. The largest absolute Gasteiger partial charge is 0.507 e. The van der Waals surface area contributed by atoms with Crippen molar-refractivity contribution in [3.05, 3.63) is 93.0 Å². The van der Waals surface area contributed by atoms with Gasteiger partial charge in [0.2, 0.25) is 0 Å². The number of aryl methyl sites for hydroxylation is 3. The van der Waals surface area contributed by atoms with Crippen molar-refractivity contribution < 1.29 is 24.2 Å². The van der Waals surface area contributed by atoms with E-state index in [2.05, 4.69) is 0 Å². The van der Waals surface area contributed by atoms with Crippen LogP contribution in [0.25, 0.3) is 5.76 Å². The van der Waals surface area contributed by atoms with Gasteiger partial charge in [-0.1, -0.05) is 41.4 Å². The number of ketones is 1. The molecule has 3 aromatic rings. The minimum absolute atomic E-state index is 0.0416. The molecule has 7 heteroatoms. The highest BCUT2D eigenvalue weighted by Gasteiger charge is 2.47. The number of methoxy groups -OCH3 is 2. The first-order valence-electron chi connectivity index (χ1n) is 11.0. The standard InChI is InChI=1S/C28H26ClNO5/c1-15-6-11-22(17(3)12-15)30-24(18-7-9-19(34-4)10-8-18)23(26(32)28(30)33)25(31)20-13-16(2)14-21(29)27(20)35-5/h6-14,24,31H,1-5H3/b25-23+. The van der Waals surface area contributed by atoms with E-state index in [1.54, 1.807) is 43.5 Å². The van der Waals surface area contributed by atoms with Crippen molar-refractivity contribution in [3.63, 3.8) is 0 Å². The van der Waals surface area contributed by atoms with E-state index >= 15 is 0 Å². The molecule has 3 aromatic carbocycles.